The van der Waals surface area contributed by atoms with E-state index < -0.39 is 0 Å². The molecular formula is C15H22FNO. The minimum absolute atomic E-state index is 0.0811. The highest BCUT2D eigenvalue weighted by atomic mass is 19.1. The van der Waals surface area contributed by atoms with Gasteiger partial charge in [0.15, 0.2) is 5.78 Å². The van der Waals surface area contributed by atoms with E-state index in [1.165, 1.54) is 12.1 Å². The first-order valence-corrected chi connectivity index (χ1v) is 6.35. The Morgan fingerprint density at radius 2 is 2.00 bits per heavy atom. The fourth-order valence-electron chi connectivity index (χ4n) is 2.04. The molecule has 0 atom stereocenters. The van der Waals surface area contributed by atoms with E-state index >= 15 is 0 Å². The van der Waals surface area contributed by atoms with Gasteiger partial charge in [0.2, 0.25) is 0 Å². The molecule has 0 fully saturated rings. The molecule has 0 amide bonds. The van der Waals surface area contributed by atoms with Gasteiger partial charge in [-0.05, 0) is 55.5 Å². The Balaban J connectivity index is 2.66. The van der Waals surface area contributed by atoms with Crippen molar-refractivity contribution < 1.29 is 9.18 Å². The van der Waals surface area contributed by atoms with Gasteiger partial charge in [-0.3, -0.25) is 4.79 Å². The summed E-state index contributed by atoms with van der Waals surface area (Å²) in [7, 11) is 0. The Morgan fingerprint density at radius 3 is 2.56 bits per heavy atom. The summed E-state index contributed by atoms with van der Waals surface area (Å²) in [5.74, 6) is -0.217. The minimum atomic E-state index is -0.299. The molecule has 0 aliphatic rings. The molecule has 0 unspecified atom stereocenters. The van der Waals surface area contributed by atoms with E-state index in [1.807, 2.05) is 0 Å². The molecule has 100 valence electrons. The number of hydrogen-bond donors (Lipinski definition) is 1. The van der Waals surface area contributed by atoms with Gasteiger partial charge in [-0.25, -0.2) is 4.39 Å². The van der Waals surface area contributed by atoms with Gasteiger partial charge >= 0.3 is 0 Å². The molecule has 1 aromatic rings. The third kappa shape index (κ3) is 4.22. The number of rotatable bonds is 6. The van der Waals surface area contributed by atoms with E-state index in [2.05, 4.69) is 13.8 Å². The fraction of sp³-hybridized carbons (Fsp3) is 0.533. The monoisotopic (exact) mass is 251 g/mol. The average Bonchev–Trinajstić information content (AvgIpc) is 2.26. The highest BCUT2D eigenvalue weighted by Crippen LogP contribution is 2.27. The number of benzene rings is 1. The number of carbonyl (C=O) groups is 1. The zero-order valence-corrected chi connectivity index (χ0v) is 11.4. The number of carbonyl (C=O) groups excluding carboxylic acids is 1. The molecule has 1 rings (SSSR count). The molecule has 0 saturated heterocycles. The summed E-state index contributed by atoms with van der Waals surface area (Å²) >= 11 is 0. The summed E-state index contributed by atoms with van der Waals surface area (Å²) < 4.78 is 13.0. The number of nitrogens with two attached hydrogens (primary N) is 1. The highest BCUT2D eigenvalue weighted by molar-refractivity contribution is 5.97. The first-order chi connectivity index (χ1) is 8.35. The number of hydrogen-bond acceptors (Lipinski definition) is 2. The fourth-order valence-corrected chi connectivity index (χ4v) is 2.04. The van der Waals surface area contributed by atoms with Crippen LogP contribution >= 0.6 is 0 Å². The topological polar surface area (TPSA) is 43.1 Å². The van der Waals surface area contributed by atoms with Crippen molar-refractivity contribution in [2.45, 2.75) is 40.0 Å². The SMILES string of the molecule is Cc1cc(F)ccc1C(=O)CCC(C)(C)CCN. The molecule has 0 bridgehead atoms. The molecule has 3 heteroatoms. The Hall–Kier alpha value is -1.22. The first-order valence-electron chi connectivity index (χ1n) is 6.35. The quantitative estimate of drug-likeness (QED) is 0.787. The largest absolute Gasteiger partial charge is 0.330 e. The van der Waals surface area contributed by atoms with Crippen molar-refractivity contribution >= 4 is 5.78 Å². The van der Waals surface area contributed by atoms with Crippen LogP contribution in [0, 0.1) is 18.2 Å². The van der Waals surface area contributed by atoms with Crippen LogP contribution in [-0.4, -0.2) is 12.3 Å². The van der Waals surface area contributed by atoms with Crippen LogP contribution in [0.3, 0.4) is 0 Å². The van der Waals surface area contributed by atoms with E-state index in [-0.39, 0.29) is 17.0 Å². The second-order valence-electron chi connectivity index (χ2n) is 5.59. The van der Waals surface area contributed by atoms with Crippen LogP contribution in [0.5, 0.6) is 0 Å². The van der Waals surface area contributed by atoms with Crippen molar-refractivity contribution in [2.24, 2.45) is 11.1 Å². The van der Waals surface area contributed by atoms with Gasteiger partial charge in [0.25, 0.3) is 0 Å². The van der Waals surface area contributed by atoms with Crippen LogP contribution in [0.1, 0.15) is 49.0 Å². The third-order valence-electron chi connectivity index (χ3n) is 3.34. The van der Waals surface area contributed by atoms with Crippen LogP contribution in [0.2, 0.25) is 0 Å². The van der Waals surface area contributed by atoms with E-state index in [1.54, 1.807) is 13.0 Å². The van der Waals surface area contributed by atoms with Gasteiger partial charge in [0.05, 0.1) is 0 Å². The summed E-state index contributed by atoms with van der Waals surface area (Å²) in [5, 5.41) is 0. The van der Waals surface area contributed by atoms with Crippen LogP contribution in [0.25, 0.3) is 0 Å². The highest BCUT2D eigenvalue weighted by Gasteiger charge is 2.19. The van der Waals surface area contributed by atoms with E-state index in [0.29, 0.717) is 24.1 Å². The second-order valence-corrected chi connectivity index (χ2v) is 5.59. The van der Waals surface area contributed by atoms with Crippen molar-refractivity contribution in [3.63, 3.8) is 0 Å². The second kappa shape index (κ2) is 6.10. The van der Waals surface area contributed by atoms with Crippen LogP contribution in [0.4, 0.5) is 4.39 Å². The Labute approximate surface area is 108 Å². The summed E-state index contributed by atoms with van der Waals surface area (Å²) in [6.07, 6.45) is 2.20. The number of Topliss-reactive ketones (excluding diaryl/α,β-unsaturated/α-hetero) is 1. The molecule has 0 aliphatic heterocycles. The molecule has 2 nitrogen and oxygen atoms in total. The standard InChI is InChI=1S/C15H22FNO/c1-11-10-12(16)4-5-13(11)14(18)6-7-15(2,3)8-9-17/h4-5,10H,6-9,17H2,1-3H3. The third-order valence-corrected chi connectivity index (χ3v) is 3.34. The number of halogens is 1. The molecule has 1 aromatic carbocycles. The predicted octanol–water partition coefficient (Wildman–Crippen LogP) is 3.47. The maximum absolute atomic E-state index is 13.0. The van der Waals surface area contributed by atoms with Gasteiger partial charge in [0.1, 0.15) is 5.82 Å². The minimum Gasteiger partial charge on any atom is -0.330 e. The molecule has 18 heavy (non-hydrogen) atoms. The van der Waals surface area contributed by atoms with Crippen molar-refractivity contribution in [1.82, 2.24) is 0 Å². The van der Waals surface area contributed by atoms with Crippen molar-refractivity contribution in [1.29, 1.82) is 0 Å². The van der Waals surface area contributed by atoms with Gasteiger partial charge in [-0.1, -0.05) is 13.8 Å². The molecule has 0 spiro atoms. The molecule has 0 aliphatic carbocycles. The first kappa shape index (κ1) is 14.8. The van der Waals surface area contributed by atoms with Crippen molar-refractivity contribution in [3.8, 4) is 0 Å². The normalized spacial score (nSPS) is 11.6. The summed E-state index contributed by atoms with van der Waals surface area (Å²) in [6.45, 7) is 6.63. The molecule has 0 saturated carbocycles. The summed E-state index contributed by atoms with van der Waals surface area (Å²) in [6, 6.07) is 4.31. The van der Waals surface area contributed by atoms with E-state index in [4.69, 9.17) is 5.73 Å². The van der Waals surface area contributed by atoms with E-state index in [9.17, 15) is 9.18 Å². The molecule has 0 heterocycles. The lowest BCUT2D eigenvalue weighted by Crippen LogP contribution is -2.18. The lowest BCUT2D eigenvalue weighted by atomic mass is 9.83. The van der Waals surface area contributed by atoms with E-state index in [0.717, 1.165) is 12.8 Å². The lowest BCUT2D eigenvalue weighted by Gasteiger charge is -2.23. The molecule has 2 N–H and O–H groups in total. The molecular weight excluding hydrogens is 229 g/mol. The van der Waals surface area contributed by atoms with Crippen LogP contribution in [-0.2, 0) is 0 Å². The predicted molar refractivity (Wildman–Crippen MR) is 72.2 cm³/mol. The Kier molecular flexibility index (Phi) is 5.03. The van der Waals surface area contributed by atoms with Crippen molar-refractivity contribution in [3.05, 3.63) is 35.1 Å². The smallest absolute Gasteiger partial charge is 0.163 e. The van der Waals surface area contributed by atoms with Gasteiger partial charge in [-0.2, -0.15) is 0 Å². The maximum atomic E-state index is 13.0. The van der Waals surface area contributed by atoms with Gasteiger partial charge in [0, 0.05) is 12.0 Å². The van der Waals surface area contributed by atoms with Crippen molar-refractivity contribution in [2.75, 3.05) is 6.54 Å². The summed E-state index contributed by atoms with van der Waals surface area (Å²) in [4.78, 5) is 12.1. The number of aryl methyl sites for hydroxylation is 1. The Morgan fingerprint density at radius 1 is 1.33 bits per heavy atom. The van der Waals surface area contributed by atoms with Crippen LogP contribution < -0.4 is 5.73 Å². The van der Waals surface area contributed by atoms with Crippen LogP contribution in [0.15, 0.2) is 18.2 Å². The Bertz CT molecular complexity index is 427. The maximum Gasteiger partial charge on any atom is 0.163 e. The zero-order chi connectivity index (χ0) is 13.8. The van der Waals surface area contributed by atoms with Gasteiger partial charge in [-0.15, -0.1) is 0 Å². The summed E-state index contributed by atoms with van der Waals surface area (Å²) in [5.41, 5.74) is 6.96. The van der Waals surface area contributed by atoms with Gasteiger partial charge < -0.3 is 5.73 Å². The average molecular weight is 251 g/mol. The number of ketones is 1. The molecule has 0 radical (unpaired) electrons. The lowest BCUT2D eigenvalue weighted by molar-refractivity contribution is 0.0961. The molecule has 0 aromatic heterocycles. The zero-order valence-electron chi connectivity index (χ0n) is 11.4.